The summed E-state index contributed by atoms with van der Waals surface area (Å²) in [5, 5.41) is 0. The van der Waals surface area contributed by atoms with Gasteiger partial charge in [-0.2, -0.15) is 0 Å². The number of rotatable bonds is 0. The second-order valence-electron chi connectivity index (χ2n) is 2.42. The number of allylic oxidation sites excluding steroid dienone is 4. The zero-order chi connectivity index (χ0) is 5.40. The average Bonchev–Trinajstić information content (AvgIpc) is 2.12. The first-order valence-corrected chi connectivity index (χ1v) is 3.06. The van der Waals surface area contributed by atoms with Crippen molar-refractivity contribution >= 4 is 0 Å². The van der Waals surface area contributed by atoms with Crippen LogP contribution in [0.2, 0.25) is 0 Å². The first kappa shape index (κ1) is 4.25. The van der Waals surface area contributed by atoms with E-state index in [4.69, 9.17) is 0 Å². The lowest BCUT2D eigenvalue weighted by Gasteiger charge is -2.10. The van der Waals surface area contributed by atoms with E-state index in [0.717, 1.165) is 5.92 Å². The van der Waals surface area contributed by atoms with E-state index >= 15 is 0 Å². The van der Waals surface area contributed by atoms with Crippen molar-refractivity contribution in [2.75, 3.05) is 0 Å². The van der Waals surface area contributed by atoms with Crippen LogP contribution in [0.1, 0.15) is 6.42 Å². The molecule has 0 amide bonds. The van der Waals surface area contributed by atoms with E-state index in [1.807, 2.05) is 0 Å². The Hall–Kier alpha value is -0.650. The van der Waals surface area contributed by atoms with Gasteiger partial charge in [-0.25, -0.2) is 0 Å². The minimum Gasteiger partial charge on any atom is -0.0810 e. The van der Waals surface area contributed by atoms with Crippen molar-refractivity contribution in [1.29, 1.82) is 0 Å². The molecule has 0 saturated heterocycles. The maximum atomic E-state index is 3.24. The Balaban J connectivity index is 2.28. The molecule has 40 valence electrons. The molecule has 8 heavy (non-hydrogen) atoms. The highest BCUT2D eigenvalue weighted by Crippen LogP contribution is 2.29. The van der Waals surface area contributed by atoms with Crippen LogP contribution in [0.5, 0.6) is 0 Å². The third-order valence-electron chi connectivity index (χ3n) is 1.77. The highest BCUT2D eigenvalue weighted by atomic mass is 14.2. The Labute approximate surface area is 49.9 Å². The van der Waals surface area contributed by atoms with Crippen LogP contribution in [0.15, 0.2) is 18.2 Å². The third-order valence-corrected chi connectivity index (χ3v) is 1.77. The maximum Gasteiger partial charge on any atom is 0.00296 e. The first-order chi connectivity index (χ1) is 3.95. The largest absolute Gasteiger partial charge is 0.0810 e. The topological polar surface area (TPSA) is 0 Å². The van der Waals surface area contributed by atoms with E-state index in [0.29, 0.717) is 5.92 Å². The summed E-state index contributed by atoms with van der Waals surface area (Å²) in [6.07, 6.45) is 13.3. The van der Waals surface area contributed by atoms with Gasteiger partial charge in [0.2, 0.25) is 0 Å². The number of hydrogen-bond donors (Lipinski definition) is 0. The Morgan fingerprint density at radius 1 is 1.50 bits per heavy atom. The van der Waals surface area contributed by atoms with Crippen molar-refractivity contribution in [2.45, 2.75) is 6.42 Å². The molecular formula is C8H8. The molecule has 0 spiro atoms. The van der Waals surface area contributed by atoms with Gasteiger partial charge >= 0.3 is 0 Å². The summed E-state index contributed by atoms with van der Waals surface area (Å²) in [5.74, 6) is 1.38. The lowest BCUT2D eigenvalue weighted by Crippen LogP contribution is -2.00. The van der Waals surface area contributed by atoms with Gasteiger partial charge < -0.3 is 0 Å². The van der Waals surface area contributed by atoms with Crippen LogP contribution in [0.25, 0.3) is 0 Å². The summed E-state index contributed by atoms with van der Waals surface area (Å²) in [5.41, 5.74) is 0. The van der Waals surface area contributed by atoms with E-state index < -0.39 is 0 Å². The fraction of sp³-hybridized carbons (Fsp3) is 0.375. The van der Waals surface area contributed by atoms with E-state index in [2.05, 4.69) is 30.7 Å². The van der Waals surface area contributed by atoms with Crippen LogP contribution in [-0.2, 0) is 0 Å². The molecule has 0 heteroatoms. The second kappa shape index (κ2) is 1.41. The normalized spacial score (nSPS) is 40.0. The van der Waals surface area contributed by atoms with Gasteiger partial charge in [0.15, 0.2) is 0 Å². The fourth-order valence-electron chi connectivity index (χ4n) is 1.30. The van der Waals surface area contributed by atoms with E-state index in [1.54, 1.807) is 0 Å². The van der Waals surface area contributed by atoms with Gasteiger partial charge in [0, 0.05) is 5.92 Å². The van der Waals surface area contributed by atoms with Gasteiger partial charge in [0.1, 0.15) is 0 Å². The van der Waals surface area contributed by atoms with Gasteiger partial charge in [-0.05, 0) is 18.4 Å². The monoisotopic (exact) mass is 104 g/mol. The second-order valence-corrected chi connectivity index (χ2v) is 2.42. The van der Waals surface area contributed by atoms with Crippen LogP contribution in [0.3, 0.4) is 0 Å². The molecule has 0 saturated carbocycles. The summed E-state index contributed by atoms with van der Waals surface area (Å²) in [4.78, 5) is 0. The fourth-order valence-corrected chi connectivity index (χ4v) is 1.30. The first-order valence-electron chi connectivity index (χ1n) is 3.06. The minimum atomic E-state index is 0.644. The van der Waals surface area contributed by atoms with Crippen LogP contribution in [0, 0.1) is 24.3 Å². The van der Waals surface area contributed by atoms with Crippen molar-refractivity contribution < 1.29 is 0 Å². The SMILES string of the molecule is [C-]1=C[CH+]C2C=CC1C2. The van der Waals surface area contributed by atoms with Crippen LogP contribution >= 0.6 is 0 Å². The Kier molecular flexibility index (Phi) is 0.750. The van der Waals surface area contributed by atoms with E-state index in [9.17, 15) is 0 Å². The molecule has 2 aliphatic carbocycles. The van der Waals surface area contributed by atoms with Gasteiger partial charge in [-0.15, -0.1) is 0 Å². The molecule has 0 aromatic heterocycles. The zero-order valence-corrected chi connectivity index (χ0v) is 4.67. The average molecular weight is 104 g/mol. The molecule has 2 unspecified atom stereocenters. The summed E-state index contributed by atoms with van der Waals surface area (Å²) >= 11 is 0. The predicted molar refractivity (Wildman–Crippen MR) is 32.8 cm³/mol. The van der Waals surface area contributed by atoms with E-state index in [1.165, 1.54) is 6.42 Å². The lowest BCUT2D eigenvalue weighted by atomic mass is 9.94. The Morgan fingerprint density at radius 2 is 2.50 bits per heavy atom. The van der Waals surface area contributed by atoms with Crippen molar-refractivity contribution in [3.8, 4) is 0 Å². The third kappa shape index (κ3) is 0.492. The molecule has 2 atom stereocenters. The van der Waals surface area contributed by atoms with Gasteiger partial charge in [-0.3, -0.25) is 0 Å². The summed E-state index contributed by atoms with van der Waals surface area (Å²) in [6, 6.07) is 0. The molecule has 0 aromatic carbocycles. The highest BCUT2D eigenvalue weighted by Gasteiger charge is 2.18. The van der Waals surface area contributed by atoms with Crippen molar-refractivity contribution in [3.63, 3.8) is 0 Å². The van der Waals surface area contributed by atoms with Gasteiger partial charge in [-0.1, -0.05) is 24.6 Å². The number of fused-ring (bicyclic) bond motifs is 2. The van der Waals surface area contributed by atoms with Gasteiger partial charge in [0.25, 0.3) is 0 Å². The molecular weight excluding hydrogens is 96.1 g/mol. The van der Waals surface area contributed by atoms with Gasteiger partial charge in [0.05, 0.1) is 0 Å². The molecule has 0 N–H and O–H groups in total. The molecule has 0 heterocycles. The molecule has 0 aliphatic heterocycles. The van der Waals surface area contributed by atoms with Crippen molar-refractivity contribution in [3.05, 3.63) is 30.7 Å². The minimum absolute atomic E-state index is 0.644. The van der Waals surface area contributed by atoms with Crippen molar-refractivity contribution in [1.82, 2.24) is 0 Å². The molecule has 0 nitrogen and oxygen atoms in total. The summed E-state index contributed by atoms with van der Waals surface area (Å²) in [6.45, 7) is 0. The van der Waals surface area contributed by atoms with Crippen molar-refractivity contribution in [2.24, 2.45) is 11.8 Å². The molecule has 2 aliphatic rings. The molecule has 0 radical (unpaired) electrons. The van der Waals surface area contributed by atoms with E-state index in [-0.39, 0.29) is 0 Å². The molecule has 0 aromatic rings. The molecule has 2 bridgehead atoms. The number of hydrogen-bond acceptors (Lipinski definition) is 0. The smallest absolute Gasteiger partial charge is 0.00296 e. The standard InChI is InChI=1S/C8H8/c1-2-7-4-5-8(3-1)6-7/h1-2,4-5,7-8H,6H2. The summed E-state index contributed by atoms with van der Waals surface area (Å²) < 4.78 is 0. The predicted octanol–water partition coefficient (Wildman–Crippen LogP) is 1.76. The summed E-state index contributed by atoms with van der Waals surface area (Å²) in [7, 11) is 0. The lowest BCUT2D eigenvalue weighted by molar-refractivity contribution is 0.621. The molecule has 2 rings (SSSR count). The molecule has 0 fully saturated rings. The van der Waals surface area contributed by atoms with Crippen LogP contribution in [0.4, 0.5) is 0 Å². The Bertz CT molecular complexity index is 140. The highest BCUT2D eigenvalue weighted by molar-refractivity contribution is 5.18. The zero-order valence-electron chi connectivity index (χ0n) is 4.67. The van der Waals surface area contributed by atoms with Crippen LogP contribution < -0.4 is 0 Å². The van der Waals surface area contributed by atoms with Crippen LogP contribution in [-0.4, -0.2) is 0 Å². The Morgan fingerprint density at radius 3 is 3.25 bits per heavy atom. The quantitative estimate of drug-likeness (QED) is 0.324. The maximum absolute atomic E-state index is 3.24.